The van der Waals surface area contributed by atoms with E-state index in [1.54, 1.807) is 6.07 Å². The van der Waals surface area contributed by atoms with E-state index in [0.29, 0.717) is 24.1 Å². The number of nitrogen functional groups attached to an aromatic ring is 1. The number of anilines is 2. The third kappa shape index (κ3) is 12.8. The maximum atomic E-state index is 7.32. The van der Waals surface area contributed by atoms with Gasteiger partial charge in [0.25, 0.3) is 0 Å². The monoisotopic (exact) mass is 765 g/mol. The number of nitrogens with two attached hydrogens (primary N) is 1. The molecule has 0 aliphatic carbocycles. The van der Waals surface area contributed by atoms with E-state index in [9.17, 15) is 0 Å². The van der Waals surface area contributed by atoms with Crippen molar-refractivity contribution >= 4 is 35.1 Å². The van der Waals surface area contributed by atoms with Crippen LogP contribution in [0.25, 0.3) is 0 Å². The van der Waals surface area contributed by atoms with E-state index in [4.69, 9.17) is 34.2 Å². The molecule has 0 bridgehead atoms. The third-order valence-corrected chi connectivity index (χ3v) is 11.7. The molecule has 4 saturated heterocycles. The highest BCUT2D eigenvalue weighted by atomic mass is 35.5. The minimum Gasteiger partial charge on any atom is -0.368 e. The smallest absolute Gasteiger partial charge is 0.246 e. The molecular formula is C40H61Cl2N11. The number of hydrogen-bond acceptors (Lipinski definition) is 10. The van der Waals surface area contributed by atoms with Crippen molar-refractivity contribution in [3.05, 3.63) is 69.7 Å². The largest absolute Gasteiger partial charge is 0.368 e. The number of likely N-dealkylation sites (N-methyl/N-ethyl adjacent to an activating group) is 2. The molecule has 7 rings (SSSR count). The molecule has 4 N–H and O–H groups in total. The highest BCUT2D eigenvalue weighted by molar-refractivity contribution is 6.30. The molecule has 290 valence electrons. The standard InChI is InChI=1S/C20H30ClN7.C18H28ClN3.C2H3N/c1-26-9-2-10-28(18(14-26)13-15-3-5-16(21)6-4-15)17-7-11-27(12-8-17)20-23-19(22)24-25-20;1-21-11-2-12-22(17-7-9-20-10-8-17)18(14-21)13-15-3-5-16(19)6-4-15;1-2-3/h3-6,17-18H,2,7-14H2,1H3,(H3,22,23,24,25);3-6,17-18,20H,2,7-14H2,1H3;1H3/t2*18-;/m00./s1. The van der Waals surface area contributed by atoms with Crippen molar-refractivity contribution in [2.45, 2.75) is 82.5 Å². The molecule has 0 unspecified atom stereocenters. The number of H-pyrrole nitrogens is 1. The van der Waals surface area contributed by atoms with Crippen molar-refractivity contribution in [1.82, 2.24) is 40.1 Å². The Labute approximate surface area is 327 Å². The van der Waals surface area contributed by atoms with Gasteiger partial charge in [0.2, 0.25) is 11.9 Å². The van der Waals surface area contributed by atoms with Gasteiger partial charge in [0.1, 0.15) is 0 Å². The van der Waals surface area contributed by atoms with Gasteiger partial charge < -0.3 is 25.8 Å². The lowest BCUT2D eigenvalue weighted by Crippen LogP contribution is -2.51. The molecular weight excluding hydrogens is 705 g/mol. The average Bonchev–Trinajstić information content (AvgIpc) is 3.40. The van der Waals surface area contributed by atoms with Gasteiger partial charge in [0.15, 0.2) is 0 Å². The van der Waals surface area contributed by atoms with Crippen molar-refractivity contribution in [2.75, 3.05) is 90.2 Å². The first-order valence-corrected chi connectivity index (χ1v) is 20.3. The van der Waals surface area contributed by atoms with Crippen LogP contribution in [-0.2, 0) is 12.8 Å². The Hall–Kier alpha value is -2.95. The summed E-state index contributed by atoms with van der Waals surface area (Å²) in [6.45, 7) is 12.8. The fourth-order valence-electron chi connectivity index (χ4n) is 8.58. The van der Waals surface area contributed by atoms with Crippen LogP contribution in [0, 0.1) is 11.3 Å². The van der Waals surface area contributed by atoms with E-state index in [-0.39, 0.29) is 0 Å². The third-order valence-electron chi connectivity index (χ3n) is 11.1. The summed E-state index contributed by atoms with van der Waals surface area (Å²) in [5, 5.41) is 19.4. The predicted octanol–water partition coefficient (Wildman–Crippen LogP) is 5.43. The highest BCUT2D eigenvalue weighted by Crippen LogP contribution is 2.26. The quantitative estimate of drug-likeness (QED) is 0.288. The molecule has 53 heavy (non-hydrogen) atoms. The molecule has 4 aliphatic heterocycles. The minimum absolute atomic E-state index is 0.385. The van der Waals surface area contributed by atoms with Gasteiger partial charge >= 0.3 is 0 Å². The molecule has 0 radical (unpaired) electrons. The fraction of sp³-hybridized carbons (Fsp3) is 0.625. The van der Waals surface area contributed by atoms with Crippen molar-refractivity contribution in [1.29, 1.82) is 5.26 Å². The highest BCUT2D eigenvalue weighted by Gasteiger charge is 2.33. The van der Waals surface area contributed by atoms with E-state index in [1.807, 2.05) is 24.3 Å². The van der Waals surface area contributed by atoms with E-state index in [1.165, 1.54) is 89.5 Å². The van der Waals surface area contributed by atoms with Crippen molar-refractivity contribution in [2.24, 2.45) is 0 Å². The summed E-state index contributed by atoms with van der Waals surface area (Å²) in [4.78, 5) is 17.1. The molecule has 5 heterocycles. The SMILES string of the molecule is CC#N.CN1CCCN(C2CCN(c3n[nH]c(N)n3)CC2)[C@@H](Cc2ccc(Cl)cc2)C1.CN1CCCN(C2CCNCC2)[C@@H](Cc2ccc(Cl)cc2)C1. The van der Waals surface area contributed by atoms with Crippen molar-refractivity contribution in [3.63, 3.8) is 0 Å². The van der Waals surface area contributed by atoms with E-state index in [0.717, 1.165) is 67.4 Å². The van der Waals surface area contributed by atoms with Gasteiger partial charge in [0, 0.05) is 80.4 Å². The second-order valence-corrected chi connectivity index (χ2v) is 16.0. The van der Waals surface area contributed by atoms with Crippen LogP contribution in [0.3, 0.4) is 0 Å². The molecule has 0 saturated carbocycles. The first-order valence-electron chi connectivity index (χ1n) is 19.5. The van der Waals surface area contributed by atoms with Crippen molar-refractivity contribution < 1.29 is 0 Å². The molecule has 2 atom stereocenters. The number of aromatic nitrogens is 3. The number of hydrogen-bond donors (Lipinski definition) is 3. The molecule has 3 aromatic rings. The summed E-state index contributed by atoms with van der Waals surface area (Å²) in [5.74, 6) is 1.11. The molecule has 4 fully saturated rings. The summed E-state index contributed by atoms with van der Waals surface area (Å²) in [7, 11) is 4.51. The Kier molecular flexibility index (Phi) is 16.5. The Morgan fingerprint density at radius 3 is 1.62 bits per heavy atom. The van der Waals surface area contributed by atoms with Gasteiger partial charge in [0.05, 0.1) is 6.07 Å². The van der Waals surface area contributed by atoms with Gasteiger partial charge in [-0.2, -0.15) is 10.2 Å². The van der Waals surface area contributed by atoms with Crippen LogP contribution in [-0.4, -0.2) is 138 Å². The number of halogens is 2. The topological polar surface area (TPSA) is 120 Å². The number of nitrogens with zero attached hydrogens (tertiary/aromatic N) is 8. The fourth-order valence-corrected chi connectivity index (χ4v) is 8.83. The van der Waals surface area contributed by atoms with Crippen LogP contribution in [0.2, 0.25) is 10.0 Å². The summed E-state index contributed by atoms with van der Waals surface area (Å²) in [6, 6.07) is 21.0. The van der Waals surface area contributed by atoms with E-state index >= 15 is 0 Å². The zero-order valence-corrected chi connectivity index (χ0v) is 33.6. The first-order chi connectivity index (χ1) is 25.7. The van der Waals surface area contributed by atoms with Crippen molar-refractivity contribution in [3.8, 4) is 6.07 Å². The van der Waals surface area contributed by atoms with Gasteiger partial charge in [-0.1, -0.05) is 47.5 Å². The lowest BCUT2D eigenvalue weighted by atomic mass is 9.97. The van der Waals surface area contributed by atoms with Crippen LogP contribution in [0.15, 0.2) is 48.5 Å². The zero-order chi connectivity index (χ0) is 37.6. The Bertz CT molecular complexity index is 1510. The number of nitriles is 1. The summed E-state index contributed by atoms with van der Waals surface area (Å²) >= 11 is 12.1. The number of benzene rings is 2. The van der Waals surface area contributed by atoms with Crippen LogP contribution >= 0.6 is 23.2 Å². The normalized spacial score (nSPS) is 23.1. The Morgan fingerprint density at radius 1 is 0.736 bits per heavy atom. The molecule has 2 aromatic carbocycles. The maximum Gasteiger partial charge on any atom is 0.246 e. The zero-order valence-electron chi connectivity index (χ0n) is 32.1. The van der Waals surface area contributed by atoms with Gasteiger partial charge in [-0.15, -0.1) is 5.10 Å². The van der Waals surface area contributed by atoms with Crippen LogP contribution < -0.4 is 16.0 Å². The number of nitrogens with one attached hydrogen (secondary N) is 2. The predicted molar refractivity (Wildman–Crippen MR) is 219 cm³/mol. The lowest BCUT2D eigenvalue weighted by Gasteiger charge is -2.42. The molecule has 0 spiro atoms. The molecule has 11 nitrogen and oxygen atoms in total. The van der Waals surface area contributed by atoms with Gasteiger partial charge in [-0.25, -0.2) is 5.10 Å². The number of piperidine rings is 2. The van der Waals surface area contributed by atoms with Crippen LogP contribution in [0.1, 0.15) is 56.6 Å². The molecule has 13 heteroatoms. The average molecular weight is 767 g/mol. The Morgan fingerprint density at radius 2 is 1.19 bits per heavy atom. The molecule has 0 amide bonds. The van der Waals surface area contributed by atoms with Crippen LogP contribution in [0.5, 0.6) is 0 Å². The maximum absolute atomic E-state index is 7.32. The first kappa shape index (κ1) is 41.2. The number of rotatable bonds is 7. The van der Waals surface area contributed by atoms with E-state index < -0.39 is 0 Å². The van der Waals surface area contributed by atoms with Crippen LogP contribution in [0.4, 0.5) is 11.9 Å². The van der Waals surface area contributed by atoms with E-state index in [2.05, 4.69) is 83.4 Å². The lowest BCUT2D eigenvalue weighted by molar-refractivity contribution is 0.108. The Balaban J connectivity index is 0.000000195. The summed E-state index contributed by atoms with van der Waals surface area (Å²) in [5.41, 5.74) is 8.45. The number of aromatic amines is 1. The molecule has 1 aromatic heterocycles. The summed E-state index contributed by atoms with van der Waals surface area (Å²) < 4.78 is 0. The minimum atomic E-state index is 0.385. The van der Waals surface area contributed by atoms with Gasteiger partial charge in [-0.3, -0.25) is 9.80 Å². The summed E-state index contributed by atoms with van der Waals surface area (Å²) in [6.07, 6.45) is 9.57. The second-order valence-electron chi connectivity index (χ2n) is 15.1. The van der Waals surface area contributed by atoms with Gasteiger partial charge in [-0.05, 0) is 127 Å². The second kappa shape index (κ2) is 21.2. The molecule has 4 aliphatic rings.